The van der Waals surface area contributed by atoms with Gasteiger partial charge in [0, 0.05) is 12.6 Å². The minimum atomic E-state index is -0.968. The molecule has 0 aliphatic carbocycles. The first-order valence-electron chi connectivity index (χ1n) is 5.84. The maximum absolute atomic E-state index is 10.9. The molecule has 0 radical (unpaired) electrons. The van der Waals surface area contributed by atoms with Crippen molar-refractivity contribution in [2.24, 2.45) is 7.05 Å². The summed E-state index contributed by atoms with van der Waals surface area (Å²) in [5, 5.41) is 20.1. The molecule has 2 rings (SSSR count). The maximum atomic E-state index is 10.9. The number of nitrogens with zero attached hydrogens (tertiary/aromatic N) is 4. The highest BCUT2D eigenvalue weighted by Crippen LogP contribution is 2.20. The van der Waals surface area contributed by atoms with Crippen molar-refractivity contribution in [2.75, 3.05) is 0 Å². The van der Waals surface area contributed by atoms with Gasteiger partial charge in [-0.25, -0.2) is 9.48 Å². The normalized spacial score (nSPS) is 12.1. The lowest BCUT2D eigenvalue weighted by molar-refractivity contribution is -0.145. The van der Waals surface area contributed by atoms with Gasteiger partial charge in [-0.3, -0.25) is 0 Å². The fourth-order valence-electron chi connectivity index (χ4n) is 1.63. The Labute approximate surface area is 109 Å². The lowest BCUT2D eigenvalue weighted by atomic mass is 10.2. The van der Waals surface area contributed by atoms with Crippen LogP contribution in [0.1, 0.15) is 13.3 Å². The predicted octanol–water partition coefficient (Wildman–Crippen LogP) is 1.12. The van der Waals surface area contributed by atoms with Gasteiger partial charge in [0.25, 0.3) is 0 Å². The second-order valence-corrected chi connectivity index (χ2v) is 4.00. The standard InChI is InChI=1S/C12H14N4O3/c1-3-10(12(17)18)19-9-6-4-8(5-7-9)11-13-14-15-16(11)2/h4-7,10H,3H2,1-2H3,(H,17,18). The number of aryl methyl sites for hydroxylation is 1. The van der Waals surface area contributed by atoms with Crippen LogP contribution >= 0.6 is 0 Å². The van der Waals surface area contributed by atoms with Gasteiger partial charge in [0.15, 0.2) is 11.9 Å². The zero-order chi connectivity index (χ0) is 13.8. The van der Waals surface area contributed by atoms with Crippen LogP contribution in [0.25, 0.3) is 11.4 Å². The van der Waals surface area contributed by atoms with E-state index >= 15 is 0 Å². The van der Waals surface area contributed by atoms with Crippen LogP contribution in [0.4, 0.5) is 0 Å². The average Bonchev–Trinajstić information content (AvgIpc) is 2.82. The number of ether oxygens (including phenoxy) is 1. The van der Waals surface area contributed by atoms with Crippen molar-refractivity contribution in [2.45, 2.75) is 19.4 Å². The smallest absolute Gasteiger partial charge is 0.344 e. The molecule has 0 aliphatic heterocycles. The molecule has 1 unspecified atom stereocenters. The summed E-state index contributed by atoms with van der Waals surface area (Å²) in [4.78, 5) is 10.9. The van der Waals surface area contributed by atoms with Gasteiger partial charge in [-0.2, -0.15) is 0 Å². The summed E-state index contributed by atoms with van der Waals surface area (Å²) in [5.74, 6) is 0.175. The number of tetrazole rings is 1. The number of carboxylic acids is 1. The summed E-state index contributed by atoms with van der Waals surface area (Å²) in [6, 6.07) is 6.98. The Bertz CT molecular complexity index is 565. The van der Waals surface area contributed by atoms with Crippen LogP contribution in [0.15, 0.2) is 24.3 Å². The largest absolute Gasteiger partial charge is 0.479 e. The third-order valence-electron chi connectivity index (χ3n) is 2.66. The summed E-state index contributed by atoms with van der Waals surface area (Å²) >= 11 is 0. The Hall–Kier alpha value is -2.44. The molecule has 0 amide bonds. The molecule has 19 heavy (non-hydrogen) atoms. The van der Waals surface area contributed by atoms with Crippen molar-refractivity contribution in [3.63, 3.8) is 0 Å². The molecule has 1 heterocycles. The number of carbonyl (C=O) groups is 1. The number of benzene rings is 1. The molecule has 1 N–H and O–H groups in total. The van der Waals surface area contributed by atoms with E-state index in [1.54, 1.807) is 42.9 Å². The molecule has 0 saturated carbocycles. The second kappa shape index (κ2) is 5.47. The SMILES string of the molecule is CCC(Oc1ccc(-c2nnnn2C)cc1)C(=O)O. The van der Waals surface area contributed by atoms with E-state index in [0.717, 1.165) is 5.56 Å². The van der Waals surface area contributed by atoms with Gasteiger partial charge in [-0.15, -0.1) is 5.10 Å². The van der Waals surface area contributed by atoms with Crippen LogP contribution in [0.3, 0.4) is 0 Å². The van der Waals surface area contributed by atoms with Crippen molar-refractivity contribution < 1.29 is 14.6 Å². The van der Waals surface area contributed by atoms with E-state index in [9.17, 15) is 4.79 Å². The molecule has 2 aromatic rings. The summed E-state index contributed by atoms with van der Waals surface area (Å²) < 4.78 is 6.93. The Morgan fingerprint density at radius 3 is 2.58 bits per heavy atom. The Morgan fingerprint density at radius 2 is 2.11 bits per heavy atom. The van der Waals surface area contributed by atoms with Crippen LogP contribution in [0.5, 0.6) is 5.75 Å². The monoisotopic (exact) mass is 262 g/mol. The van der Waals surface area contributed by atoms with Gasteiger partial charge in [0.05, 0.1) is 0 Å². The molecule has 0 fully saturated rings. The summed E-state index contributed by atoms with van der Waals surface area (Å²) in [6.07, 6.45) is -0.424. The van der Waals surface area contributed by atoms with E-state index < -0.39 is 12.1 Å². The molecule has 1 aromatic heterocycles. The van der Waals surface area contributed by atoms with Gasteiger partial charge < -0.3 is 9.84 Å². The fourth-order valence-corrected chi connectivity index (χ4v) is 1.63. The average molecular weight is 262 g/mol. The minimum absolute atomic E-state index is 0.407. The van der Waals surface area contributed by atoms with Crippen LogP contribution in [0.2, 0.25) is 0 Å². The molecular formula is C12H14N4O3. The first-order chi connectivity index (χ1) is 9.11. The van der Waals surface area contributed by atoms with Gasteiger partial charge in [0.2, 0.25) is 0 Å². The van der Waals surface area contributed by atoms with Gasteiger partial charge in [-0.1, -0.05) is 6.92 Å². The van der Waals surface area contributed by atoms with Crippen LogP contribution in [-0.4, -0.2) is 37.4 Å². The maximum Gasteiger partial charge on any atom is 0.344 e. The van der Waals surface area contributed by atoms with E-state index in [0.29, 0.717) is 18.0 Å². The highest BCUT2D eigenvalue weighted by molar-refractivity contribution is 5.72. The minimum Gasteiger partial charge on any atom is -0.479 e. The summed E-state index contributed by atoms with van der Waals surface area (Å²) in [7, 11) is 1.75. The fraction of sp³-hybridized carbons (Fsp3) is 0.333. The lowest BCUT2D eigenvalue weighted by Crippen LogP contribution is -2.25. The summed E-state index contributed by atoms with van der Waals surface area (Å²) in [6.45, 7) is 1.76. The quantitative estimate of drug-likeness (QED) is 0.868. The molecule has 100 valence electrons. The number of aromatic nitrogens is 4. The molecule has 1 atom stereocenters. The highest BCUT2D eigenvalue weighted by atomic mass is 16.5. The van der Waals surface area contributed by atoms with Crippen molar-refractivity contribution in [3.05, 3.63) is 24.3 Å². The predicted molar refractivity (Wildman–Crippen MR) is 66.6 cm³/mol. The topological polar surface area (TPSA) is 90.1 Å². The second-order valence-electron chi connectivity index (χ2n) is 4.00. The number of rotatable bonds is 5. The van der Waals surface area contributed by atoms with Gasteiger partial charge in [0.1, 0.15) is 5.75 Å². The van der Waals surface area contributed by atoms with Crippen LogP contribution in [0, 0.1) is 0 Å². The molecule has 0 aliphatic rings. The number of hydrogen-bond acceptors (Lipinski definition) is 5. The Morgan fingerprint density at radius 1 is 1.42 bits per heavy atom. The zero-order valence-electron chi connectivity index (χ0n) is 10.6. The molecule has 7 nitrogen and oxygen atoms in total. The van der Waals surface area contributed by atoms with Crippen molar-refractivity contribution in [1.82, 2.24) is 20.2 Å². The molecule has 0 spiro atoms. The van der Waals surface area contributed by atoms with E-state index in [1.807, 2.05) is 0 Å². The zero-order valence-corrected chi connectivity index (χ0v) is 10.6. The first kappa shape index (κ1) is 13.0. The summed E-state index contributed by atoms with van der Waals surface area (Å²) in [5.41, 5.74) is 0.836. The molecule has 7 heteroatoms. The van der Waals surface area contributed by atoms with Crippen molar-refractivity contribution in [3.8, 4) is 17.1 Å². The molecule has 1 aromatic carbocycles. The highest BCUT2D eigenvalue weighted by Gasteiger charge is 2.16. The van der Waals surface area contributed by atoms with E-state index in [2.05, 4.69) is 15.5 Å². The molecule has 0 saturated heterocycles. The third-order valence-corrected chi connectivity index (χ3v) is 2.66. The van der Waals surface area contributed by atoms with E-state index in [4.69, 9.17) is 9.84 Å². The van der Waals surface area contributed by atoms with Gasteiger partial charge >= 0.3 is 5.97 Å². The third kappa shape index (κ3) is 2.87. The van der Waals surface area contributed by atoms with E-state index in [1.165, 1.54) is 0 Å². The Kier molecular flexibility index (Phi) is 3.74. The van der Waals surface area contributed by atoms with Crippen molar-refractivity contribution in [1.29, 1.82) is 0 Å². The first-order valence-corrected chi connectivity index (χ1v) is 5.84. The van der Waals surface area contributed by atoms with Crippen molar-refractivity contribution >= 4 is 5.97 Å². The van der Waals surface area contributed by atoms with Gasteiger partial charge in [-0.05, 0) is 41.1 Å². The van der Waals surface area contributed by atoms with Crippen LogP contribution < -0.4 is 4.74 Å². The lowest BCUT2D eigenvalue weighted by Gasteiger charge is -2.13. The molecule has 0 bridgehead atoms. The molecular weight excluding hydrogens is 248 g/mol. The number of hydrogen-bond donors (Lipinski definition) is 1. The van der Waals surface area contributed by atoms with Crippen LogP contribution in [-0.2, 0) is 11.8 Å². The number of aliphatic carboxylic acids is 1. The number of carboxylic acid groups (broad SMARTS) is 1. The Balaban J connectivity index is 2.15. The van der Waals surface area contributed by atoms with E-state index in [-0.39, 0.29) is 0 Å².